The zero-order chi connectivity index (χ0) is 13.4. The van der Waals surface area contributed by atoms with Gasteiger partial charge in [-0.25, -0.2) is 0 Å². The monoisotopic (exact) mass is 240 g/mol. The largest absolute Gasteiger partial charge is 0.380 e. The third-order valence-electron chi connectivity index (χ3n) is 2.65. The second-order valence-corrected chi connectivity index (χ2v) is 3.96. The van der Waals surface area contributed by atoms with Crippen molar-refractivity contribution in [3.05, 3.63) is 72.8 Å². The lowest BCUT2D eigenvalue weighted by molar-refractivity contribution is 0.185. The molecule has 0 heterocycles. The Morgan fingerprint density at radius 2 is 1.67 bits per heavy atom. The Kier molecular flexibility index (Phi) is 5.89. The molecule has 0 spiro atoms. The average Bonchev–Trinajstić information content (AvgIpc) is 2.43. The molecule has 0 atom stereocenters. The number of ether oxygens (including phenoxy) is 1. The number of methoxy groups -OCH3 is 1. The van der Waals surface area contributed by atoms with Crippen molar-refractivity contribution >= 4 is 0 Å². The van der Waals surface area contributed by atoms with Gasteiger partial charge in [-0.1, -0.05) is 54.1 Å². The van der Waals surface area contributed by atoms with Gasteiger partial charge in [0.1, 0.15) is 0 Å². The van der Waals surface area contributed by atoms with Gasteiger partial charge >= 0.3 is 0 Å². The van der Waals surface area contributed by atoms with E-state index in [9.17, 15) is 0 Å². The van der Waals surface area contributed by atoms with Gasteiger partial charge in [0, 0.05) is 7.11 Å². The molecule has 1 heteroatoms. The van der Waals surface area contributed by atoms with Crippen LogP contribution in [0.25, 0.3) is 11.1 Å². The molecular weight excluding hydrogens is 220 g/mol. The first-order chi connectivity index (χ1) is 8.81. The highest BCUT2D eigenvalue weighted by Crippen LogP contribution is 2.25. The van der Waals surface area contributed by atoms with Gasteiger partial charge in [-0.2, -0.15) is 0 Å². The van der Waals surface area contributed by atoms with Gasteiger partial charge in [-0.15, -0.1) is 13.2 Å². The molecule has 0 saturated heterocycles. The quantitative estimate of drug-likeness (QED) is 0.712. The highest BCUT2D eigenvalue weighted by molar-refractivity contribution is 5.67. The number of hydrogen-bond acceptors (Lipinski definition) is 1. The van der Waals surface area contributed by atoms with Crippen LogP contribution in [0, 0.1) is 6.92 Å². The van der Waals surface area contributed by atoms with Crippen molar-refractivity contribution in [1.82, 2.24) is 0 Å². The number of rotatable bonds is 3. The molecule has 0 fully saturated rings. The zero-order valence-electron chi connectivity index (χ0n) is 11.1. The lowest BCUT2D eigenvalue weighted by Crippen LogP contribution is -1.93. The molecule has 0 radical (unpaired) electrons. The minimum Gasteiger partial charge on any atom is -0.380 e. The Labute approximate surface area is 110 Å². The van der Waals surface area contributed by atoms with Crippen molar-refractivity contribution in [3.8, 4) is 11.1 Å². The highest BCUT2D eigenvalue weighted by atomic mass is 16.5. The lowest BCUT2D eigenvalue weighted by Gasteiger charge is -2.10. The summed E-state index contributed by atoms with van der Waals surface area (Å²) in [5, 5.41) is 0. The summed E-state index contributed by atoms with van der Waals surface area (Å²) in [5.74, 6) is 0. The van der Waals surface area contributed by atoms with E-state index in [0.717, 1.165) is 0 Å². The van der Waals surface area contributed by atoms with Crippen molar-refractivity contribution in [1.29, 1.82) is 0 Å². The number of benzene rings is 2. The van der Waals surface area contributed by atoms with Crippen LogP contribution in [-0.4, -0.2) is 7.11 Å². The molecule has 2 rings (SSSR count). The molecule has 2 aromatic rings. The molecule has 94 valence electrons. The lowest BCUT2D eigenvalue weighted by atomic mass is 9.98. The summed E-state index contributed by atoms with van der Waals surface area (Å²) in [5.41, 5.74) is 5.02. The Morgan fingerprint density at radius 1 is 1.00 bits per heavy atom. The van der Waals surface area contributed by atoms with E-state index >= 15 is 0 Å². The van der Waals surface area contributed by atoms with E-state index in [1.54, 1.807) is 7.11 Å². The van der Waals surface area contributed by atoms with Crippen LogP contribution in [-0.2, 0) is 11.3 Å². The summed E-state index contributed by atoms with van der Waals surface area (Å²) in [6, 6.07) is 16.9. The standard InChI is InChI=1S/C15H16O.C2H4/c1-12-8-9-15(14(10-12)11-16-2)13-6-4-3-5-7-13;1-2/h3-10H,11H2,1-2H3;1-2H2. The third-order valence-corrected chi connectivity index (χ3v) is 2.65. The van der Waals surface area contributed by atoms with E-state index in [1.165, 1.54) is 22.3 Å². The van der Waals surface area contributed by atoms with Crippen LogP contribution in [0.5, 0.6) is 0 Å². The second kappa shape index (κ2) is 7.46. The molecule has 2 aromatic carbocycles. The fourth-order valence-electron chi connectivity index (χ4n) is 1.90. The van der Waals surface area contributed by atoms with Crippen LogP contribution in [0.1, 0.15) is 11.1 Å². The molecule has 18 heavy (non-hydrogen) atoms. The first-order valence-electron chi connectivity index (χ1n) is 5.95. The average molecular weight is 240 g/mol. The Bertz CT molecular complexity index is 474. The van der Waals surface area contributed by atoms with Gasteiger partial charge in [0.15, 0.2) is 0 Å². The highest BCUT2D eigenvalue weighted by Gasteiger charge is 2.04. The minimum atomic E-state index is 0.659. The first kappa shape index (κ1) is 14.2. The van der Waals surface area contributed by atoms with Gasteiger partial charge in [0.25, 0.3) is 0 Å². The molecule has 0 aliphatic heterocycles. The molecule has 0 aromatic heterocycles. The summed E-state index contributed by atoms with van der Waals surface area (Å²) in [6.07, 6.45) is 0. The van der Waals surface area contributed by atoms with E-state index in [4.69, 9.17) is 4.74 Å². The molecule has 1 nitrogen and oxygen atoms in total. The predicted octanol–water partition coefficient (Wildman–Crippen LogP) is 4.61. The Morgan fingerprint density at radius 3 is 2.28 bits per heavy atom. The van der Waals surface area contributed by atoms with Crippen LogP contribution in [0.2, 0.25) is 0 Å². The van der Waals surface area contributed by atoms with Gasteiger partial charge in [-0.3, -0.25) is 0 Å². The first-order valence-corrected chi connectivity index (χ1v) is 5.95. The molecular formula is C17H20O. The second-order valence-electron chi connectivity index (χ2n) is 3.96. The fraction of sp³-hybridized carbons (Fsp3) is 0.176. The van der Waals surface area contributed by atoms with Crippen molar-refractivity contribution in [2.75, 3.05) is 7.11 Å². The van der Waals surface area contributed by atoms with Crippen LogP contribution < -0.4 is 0 Å². The maximum Gasteiger partial charge on any atom is 0.0719 e. The van der Waals surface area contributed by atoms with Crippen LogP contribution in [0.3, 0.4) is 0 Å². The summed E-state index contributed by atoms with van der Waals surface area (Å²) < 4.78 is 5.25. The smallest absolute Gasteiger partial charge is 0.0719 e. The Hall–Kier alpha value is -1.86. The number of aryl methyl sites for hydroxylation is 1. The summed E-state index contributed by atoms with van der Waals surface area (Å²) >= 11 is 0. The van der Waals surface area contributed by atoms with Crippen LogP contribution >= 0.6 is 0 Å². The van der Waals surface area contributed by atoms with Gasteiger partial charge in [0.2, 0.25) is 0 Å². The SMILES string of the molecule is C=C.COCc1cc(C)ccc1-c1ccccc1. The topological polar surface area (TPSA) is 9.23 Å². The maximum atomic E-state index is 5.25. The van der Waals surface area contributed by atoms with Gasteiger partial charge < -0.3 is 4.74 Å². The van der Waals surface area contributed by atoms with Crippen LogP contribution in [0.4, 0.5) is 0 Å². The van der Waals surface area contributed by atoms with Crippen molar-refractivity contribution in [2.24, 2.45) is 0 Å². The van der Waals surface area contributed by atoms with Crippen LogP contribution in [0.15, 0.2) is 61.7 Å². The normalized spacial score (nSPS) is 9.44. The molecule has 0 saturated carbocycles. The van der Waals surface area contributed by atoms with Gasteiger partial charge in [-0.05, 0) is 23.6 Å². The van der Waals surface area contributed by atoms with Crippen molar-refractivity contribution in [3.63, 3.8) is 0 Å². The Balaban J connectivity index is 0.000000771. The van der Waals surface area contributed by atoms with Crippen molar-refractivity contribution in [2.45, 2.75) is 13.5 Å². The molecule has 0 aliphatic rings. The van der Waals surface area contributed by atoms with E-state index in [1.807, 2.05) is 6.07 Å². The molecule has 0 aliphatic carbocycles. The van der Waals surface area contributed by atoms with E-state index in [0.29, 0.717) is 6.61 Å². The predicted molar refractivity (Wildman–Crippen MR) is 78.6 cm³/mol. The zero-order valence-corrected chi connectivity index (χ0v) is 11.1. The third kappa shape index (κ3) is 3.57. The van der Waals surface area contributed by atoms with Gasteiger partial charge in [0.05, 0.1) is 6.61 Å². The summed E-state index contributed by atoms with van der Waals surface area (Å²) in [7, 11) is 1.73. The summed E-state index contributed by atoms with van der Waals surface area (Å²) in [4.78, 5) is 0. The molecule has 0 unspecified atom stereocenters. The van der Waals surface area contributed by atoms with E-state index < -0.39 is 0 Å². The summed E-state index contributed by atoms with van der Waals surface area (Å²) in [6.45, 7) is 8.76. The fourth-order valence-corrected chi connectivity index (χ4v) is 1.90. The maximum absolute atomic E-state index is 5.25. The van der Waals surface area contributed by atoms with E-state index in [-0.39, 0.29) is 0 Å². The molecule has 0 amide bonds. The number of hydrogen-bond donors (Lipinski definition) is 0. The van der Waals surface area contributed by atoms with Crippen molar-refractivity contribution < 1.29 is 4.74 Å². The molecule has 0 bridgehead atoms. The minimum absolute atomic E-state index is 0.659. The van der Waals surface area contributed by atoms with E-state index in [2.05, 4.69) is 62.5 Å². The molecule has 0 N–H and O–H groups in total.